The smallest absolute Gasteiger partial charge is 0.288 e. The zero-order chi connectivity index (χ0) is 15.4. The minimum absolute atomic E-state index is 0.0422. The van der Waals surface area contributed by atoms with E-state index in [9.17, 15) is 14.4 Å². The monoisotopic (exact) mass is 327 g/mol. The molecule has 0 saturated carbocycles. The number of rotatable bonds is 4. The van der Waals surface area contributed by atoms with Crippen LogP contribution in [-0.4, -0.2) is 34.3 Å². The number of amides is 3. The van der Waals surface area contributed by atoms with Gasteiger partial charge in [0, 0.05) is 30.8 Å². The third kappa shape index (κ3) is 4.12. The summed E-state index contributed by atoms with van der Waals surface area (Å²) in [7, 11) is 0. The number of thioether (sulfide) groups is 1. The zero-order valence-electron chi connectivity index (χ0n) is 11.1. The number of nitrogens with zero attached hydrogens (tertiary/aromatic N) is 1. The summed E-state index contributed by atoms with van der Waals surface area (Å²) < 4.78 is 0. The highest BCUT2D eigenvalue weighted by atomic mass is 35.5. The Bertz CT molecular complexity index is 578. The van der Waals surface area contributed by atoms with Crippen molar-refractivity contribution >= 4 is 51.8 Å². The van der Waals surface area contributed by atoms with Gasteiger partial charge in [-0.25, -0.2) is 0 Å². The first-order valence-electron chi connectivity index (χ1n) is 6.29. The first-order valence-corrected chi connectivity index (χ1v) is 7.65. The van der Waals surface area contributed by atoms with Crippen LogP contribution in [0.25, 0.3) is 0 Å². The number of halogens is 1. The van der Waals surface area contributed by atoms with Gasteiger partial charge in [0.05, 0.1) is 10.7 Å². The van der Waals surface area contributed by atoms with Crippen molar-refractivity contribution in [3.05, 3.63) is 23.2 Å². The molecule has 0 atom stereocenters. The molecule has 6 nitrogen and oxygen atoms in total. The third-order valence-electron chi connectivity index (χ3n) is 2.91. The van der Waals surface area contributed by atoms with Crippen molar-refractivity contribution in [1.82, 2.24) is 4.90 Å². The highest BCUT2D eigenvalue weighted by Crippen LogP contribution is 2.22. The first kappa shape index (κ1) is 15.7. The van der Waals surface area contributed by atoms with E-state index in [1.165, 1.54) is 0 Å². The number of nitrogen functional groups attached to an aromatic ring is 1. The molecule has 21 heavy (non-hydrogen) atoms. The van der Waals surface area contributed by atoms with Gasteiger partial charge in [0.15, 0.2) is 0 Å². The number of nitrogens with one attached hydrogen (secondary N) is 1. The zero-order valence-corrected chi connectivity index (χ0v) is 12.7. The van der Waals surface area contributed by atoms with E-state index in [0.717, 1.165) is 16.7 Å². The van der Waals surface area contributed by atoms with E-state index >= 15 is 0 Å². The molecule has 1 saturated heterocycles. The van der Waals surface area contributed by atoms with Crippen LogP contribution in [0.3, 0.4) is 0 Å². The molecule has 0 aromatic heterocycles. The maximum atomic E-state index is 11.8. The lowest BCUT2D eigenvalue weighted by atomic mass is 10.2. The second-order valence-electron chi connectivity index (χ2n) is 4.44. The summed E-state index contributed by atoms with van der Waals surface area (Å²) in [4.78, 5) is 36.1. The molecule has 0 bridgehead atoms. The molecule has 112 valence electrons. The number of hydrogen-bond acceptors (Lipinski definition) is 5. The molecule has 1 aliphatic heterocycles. The van der Waals surface area contributed by atoms with E-state index in [-0.39, 0.29) is 30.0 Å². The Morgan fingerprint density at radius 2 is 2.19 bits per heavy atom. The molecule has 0 spiro atoms. The lowest BCUT2D eigenvalue weighted by Gasteiger charge is -2.23. The van der Waals surface area contributed by atoms with Crippen molar-refractivity contribution in [2.45, 2.75) is 12.8 Å². The number of carbonyl (C=O) groups excluding carboxylic acids is 3. The van der Waals surface area contributed by atoms with E-state index < -0.39 is 0 Å². The number of carbonyl (C=O) groups is 3. The van der Waals surface area contributed by atoms with Gasteiger partial charge >= 0.3 is 0 Å². The Balaban J connectivity index is 1.88. The number of nitrogens with two attached hydrogens (primary N) is 1. The third-order valence-corrected chi connectivity index (χ3v) is 4.12. The highest BCUT2D eigenvalue weighted by molar-refractivity contribution is 8.13. The van der Waals surface area contributed by atoms with Crippen molar-refractivity contribution in [3.63, 3.8) is 0 Å². The second-order valence-corrected chi connectivity index (χ2v) is 5.90. The van der Waals surface area contributed by atoms with Crippen molar-refractivity contribution in [1.29, 1.82) is 0 Å². The molecule has 0 aliphatic carbocycles. The average Bonchev–Trinajstić information content (AvgIpc) is 2.42. The highest BCUT2D eigenvalue weighted by Gasteiger charge is 2.26. The van der Waals surface area contributed by atoms with Gasteiger partial charge in [0.25, 0.3) is 5.24 Å². The van der Waals surface area contributed by atoms with Crippen LogP contribution >= 0.6 is 23.4 Å². The lowest BCUT2D eigenvalue weighted by molar-refractivity contribution is -0.128. The molecular weight excluding hydrogens is 314 g/mol. The van der Waals surface area contributed by atoms with Gasteiger partial charge in [-0.2, -0.15) is 0 Å². The van der Waals surface area contributed by atoms with Gasteiger partial charge < -0.3 is 11.1 Å². The Labute approximate surface area is 131 Å². The molecule has 0 radical (unpaired) electrons. The van der Waals surface area contributed by atoms with E-state index in [4.69, 9.17) is 17.3 Å². The summed E-state index contributed by atoms with van der Waals surface area (Å²) in [5.74, 6) is -0.0279. The number of hydrogen-bond donors (Lipinski definition) is 2. The number of benzene rings is 1. The molecule has 8 heteroatoms. The van der Waals surface area contributed by atoms with Crippen LogP contribution in [0, 0.1) is 0 Å². The number of anilines is 2. The van der Waals surface area contributed by atoms with Crippen LogP contribution in [0.15, 0.2) is 18.2 Å². The molecule has 3 amide bonds. The fraction of sp³-hybridized carbons (Fsp3) is 0.308. The summed E-state index contributed by atoms with van der Waals surface area (Å²) in [5.41, 5.74) is 6.53. The van der Waals surface area contributed by atoms with Crippen molar-refractivity contribution < 1.29 is 14.4 Å². The molecule has 1 fully saturated rings. The maximum Gasteiger partial charge on any atom is 0.288 e. The summed E-state index contributed by atoms with van der Waals surface area (Å²) in [6.45, 7) is 0.0829. The first-order chi connectivity index (χ1) is 9.97. The van der Waals surface area contributed by atoms with Crippen molar-refractivity contribution in [3.8, 4) is 0 Å². The SMILES string of the molecule is Nc1cc(NC(=O)CCN2C(=O)CCSC2=O)ccc1Cl. The largest absolute Gasteiger partial charge is 0.397 e. The Hall–Kier alpha value is -1.73. The normalized spacial score (nSPS) is 15.2. The molecule has 0 unspecified atom stereocenters. The van der Waals surface area contributed by atoms with Gasteiger partial charge in [-0.05, 0) is 18.2 Å². The van der Waals surface area contributed by atoms with Gasteiger partial charge in [0.2, 0.25) is 11.8 Å². The van der Waals surface area contributed by atoms with Gasteiger partial charge in [-0.3, -0.25) is 19.3 Å². The minimum atomic E-state index is -0.298. The standard InChI is InChI=1S/C13H14ClN3O3S/c14-9-2-1-8(7-10(9)15)16-11(18)3-5-17-12(19)4-6-21-13(17)20/h1-2,7H,3-6,15H2,(H,16,18). The molecule has 3 N–H and O–H groups in total. The number of imide groups is 1. The topological polar surface area (TPSA) is 92.5 Å². The molecule has 1 aromatic carbocycles. The predicted molar refractivity (Wildman–Crippen MR) is 83.3 cm³/mol. The van der Waals surface area contributed by atoms with Crippen LogP contribution in [0.4, 0.5) is 16.2 Å². The second kappa shape index (κ2) is 6.82. The molecule has 2 rings (SSSR count). The van der Waals surface area contributed by atoms with Crippen LogP contribution in [0.2, 0.25) is 5.02 Å². The fourth-order valence-electron chi connectivity index (χ4n) is 1.81. The summed E-state index contributed by atoms with van der Waals surface area (Å²) in [6.07, 6.45) is 0.367. The Morgan fingerprint density at radius 3 is 2.86 bits per heavy atom. The van der Waals surface area contributed by atoms with E-state index in [0.29, 0.717) is 28.6 Å². The fourth-order valence-corrected chi connectivity index (χ4v) is 2.73. The van der Waals surface area contributed by atoms with Crippen LogP contribution in [-0.2, 0) is 9.59 Å². The summed E-state index contributed by atoms with van der Waals surface area (Å²) in [6, 6.07) is 4.76. The van der Waals surface area contributed by atoms with Crippen LogP contribution < -0.4 is 11.1 Å². The van der Waals surface area contributed by atoms with Gasteiger partial charge in [-0.1, -0.05) is 23.4 Å². The van der Waals surface area contributed by atoms with E-state index in [2.05, 4.69) is 5.32 Å². The minimum Gasteiger partial charge on any atom is -0.397 e. The molecular formula is C13H14ClN3O3S. The predicted octanol–water partition coefficient (Wildman–Crippen LogP) is 2.34. The Kier molecular flexibility index (Phi) is 5.08. The van der Waals surface area contributed by atoms with E-state index in [1.807, 2.05) is 0 Å². The summed E-state index contributed by atoms with van der Waals surface area (Å²) in [5, 5.41) is 2.76. The van der Waals surface area contributed by atoms with E-state index in [1.54, 1.807) is 18.2 Å². The summed E-state index contributed by atoms with van der Waals surface area (Å²) >= 11 is 6.88. The molecule has 1 aliphatic rings. The molecule has 1 aromatic rings. The van der Waals surface area contributed by atoms with Crippen molar-refractivity contribution in [2.24, 2.45) is 0 Å². The van der Waals surface area contributed by atoms with Gasteiger partial charge in [0.1, 0.15) is 0 Å². The Morgan fingerprint density at radius 1 is 1.43 bits per heavy atom. The molecule has 1 heterocycles. The lowest BCUT2D eigenvalue weighted by Crippen LogP contribution is -2.39. The quantitative estimate of drug-likeness (QED) is 0.828. The average molecular weight is 328 g/mol. The maximum absolute atomic E-state index is 11.8. The van der Waals surface area contributed by atoms with Crippen molar-refractivity contribution in [2.75, 3.05) is 23.3 Å². The van der Waals surface area contributed by atoms with Gasteiger partial charge in [-0.15, -0.1) is 0 Å². The van der Waals surface area contributed by atoms with Crippen LogP contribution in [0.5, 0.6) is 0 Å². The van der Waals surface area contributed by atoms with Crippen LogP contribution in [0.1, 0.15) is 12.8 Å².